The highest BCUT2D eigenvalue weighted by atomic mass is 16.5. The molecule has 2 rings (SSSR count). The van der Waals surface area contributed by atoms with E-state index in [0.717, 1.165) is 12.8 Å². The van der Waals surface area contributed by atoms with Gasteiger partial charge in [0.15, 0.2) is 0 Å². The summed E-state index contributed by atoms with van der Waals surface area (Å²) in [5.41, 5.74) is 1.44. The first-order valence-corrected chi connectivity index (χ1v) is 7.66. The second kappa shape index (κ2) is 8.15. The van der Waals surface area contributed by atoms with E-state index in [1.54, 1.807) is 7.11 Å². The predicted molar refractivity (Wildman–Crippen MR) is 82.3 cm³/mol. The lowest BCUT2D eigenvalue weighted by Crippen LogP contribution is -2.40. The quantitative estimate of drug-likeness (QED) is 0.748. The molecule has 0 radical (unpaired) electrons. The molecule has 116 valence electrons. The first-order valence-electron chi connectivity index (χ1n) is 7.66. The molecule has 0 saturated heterocycles. The van der Waals surface area contributed by atoms with Crippen molar-refractivity contribution in [2.45, 2.75) is 31.1 Å². The maximum atomic E-state index is 11.9. The van der Waals surface area contributed by atoms with Crippen LogP contribution < -0.4 is 5.32 Å². The molecule has 1 fully saturated rings. The van der Waals surface area contributed by atoms with E-state index in [-0.39, 0.29) is 17.9 Å². The van der Waals surface area contributed by atoms with Gasteiger partial charge in [0.2, 0.25) is 5.91 Å². The SMILES string of the molecule is COCCOCC(=O)NCC1(c2ccccc2)CCCC1. The van der Waals surface area contributed by atoms with E-state index in [9.17, 15) is 4.79 Å². The van der Waals surface area contributed by atoms with Crippen LogP contribution in [0.25, 0.3) is 0 Å². The van der Waals surface area contributed by atoms with Crippen molar-refractivity contribution in [1.82, 2.24) is 5.32 Å². The van der Waals surface area contributed by atoms with E-state index >= 15 is 0 Å². The van der Waals surface area contributed by atoms with Crippen LogP contribution in [0.3, 0.4) is 0 Å². The van der Waals surface area contributed by atoms with Crippen molar-refractivity contribution in [3.63, 3.8) is 0 Å². The Morgan fingerprint density at radius 2 is 1.90 bits per heavy atom. The van der Waals surface area contributed by atoms with Gasteiger partial charge in [0.05, 0.1) is 13.2 Å². The Balaban J connectivity index is 1.85. The zero-order valence-electron chi connectivity index (χ0n) is 12.8. The molecule has 0 spiro atoms. The minimum absolute atomic E-state index is 0.0479. The second-order valence-electron chi connectivity index (χ2n) is 5.68. The van der Waals surface area contributed by atoms with Gasteiger partial charge in [-0.3, -0.25) is 4.79 Å². The fourth-order valence-electron chi connectivity index (χ4n) is 3.04. The number of rotatable bonds is 8. The van der Waals surface area contributed by atoms with E-state index in [1.165, 1.54) is 18.4 Å². The minimum atomic E-state index is -0.0479. The lowest BCUT2D eigenvalue weighted by Gasteiger charge is -2.30. The van der Waals surface area contributed by atoms with E-state index in [0.29, 0.717) is 19.8 Å². The van der Waals surface area contributed by atoms with Crippen LogP contribution in [0.5, 0.6) is 0 Å². The summed E-state index contributed by atoms with van der Waals surface area (Å²) in [5, 5.41) is 3.04. The Morgan fingerprint density at radius 3 is 2.57 bits per heavy atom. The van der Waals surface area contributed by atoms with Gasteiger partial charge in [-0.1, -0.05) is 43.2 Å². The molecule has 1 saturated carbocycles. The molecule has 1 aromatic carbocycles. The zero-order valence-corrected chi connectivity index (χ0v) is 12.8. The van der Waals surface area contributed by atoms with E-state index in [1.807, 2.05) is 6.07 Å². The largest absolute Gasteiger partial charge is 0.382 e. The van der Waals surface area contributed by atoms with Crippen molar-refractivity contribution in [3.05, 3.63) is 35.9 Å². The van der Waals surface area contributed by atoms with E-state index in [2.05, 4.69) is 29.6 Å². The maximum Gasteiger partial charge on any atom is 0.246 e. The van der Waals surface area contributed by atoms with Gasteiger partial charge in [0.25, 0.3) is 0 Å². The highest BCUT2D eigenvalue weighted by Gasteiger charge is 2.35. The van der Waals surface area contributed by atoms with Crippen molar-refractivity contribution >= 4 is 5.91 Å². The third kappa shape index (κ3) is 4.55. The van der Waals surface area contributed by atoms with Gasteiger partial charge in [-0.15, -0.1) is 0 Å². The van der Waals surface area contributed by atoms with Crippen LogP contribution in [0, 0.1) is 0 Å². The Hall–Kier alpha value is -1.39. The number of amides is 1. The maximum absolute atomic E-state index is 11.9. The fraction of sp³-hybridized carbons (Fsp3) is 0.588. The number of methoxy groups -OCH3 is 1. The molecular weight excluding hydrogens is 266 g/mol. The average molecular weight is 291 g/mol. The summed E-state index contributed by atoms with van der Waals surface area (Å²) in [6.07, 6.45) is 4.74. The average Bonchev–Trinajstić information content (AvgIpc) is 3.01. The molecule has 1 aliphatic rings. The van der Waals surface area contributed by atoms with Crippen molar-refractivity contribution in [1.29, 1.82) is 0 Å². The van der Waals surface area contributed by atoms with Crippen molar-refractivity contribution in [2.75, 3.05) is 33.5 Å². The highest BCUT2D eigenvalue weighted by molar-refractivity contribution is 5.77. The van der Waals surface area contributed by atoms with Gasteiger partial charge >= 0.3 is 0 Å². The molecule has 0 heterocycles. The number of benzene rings is 1. The first kappa shape index (κ1) is 16.0. The summed E-state index contributed by atoms with van der Waals surface area (Å²) in [5.74, 6) is -0.0479. The van der Waals surface area contributed by atoms with Crippen LogP contribution in [-0.4, -0.2) is 39.4 Å². The third-order valence-electron chi connectivity index (χ3n) is 4.24. The summed E-state index contributed by atoms with van der Waals surface area (Å²) in [7, 11) is 1.62. The van der Waals surface area contributed by atoms with Crippen LogP contribution in [0.4, 0.5) is 0 Å². The number of ether oxygens (including phenoxy) is 2. The Labute approximate surface area is 126 Å². The molecule has 4 heteroatoms. The topological polar surface area (TPSA) is 47.6 Å². The summed E-state index contributed by atoms with van der Waals surface area (Å²) in [6.45, 7) is 1.77. The number of hydrogen-bond donors (Lipinski definition) is 1. The third-order valence-corrected chi connectivity index (χ3v) is 4.24. The van der Waals surface area contributed by atoms with Crippen LogP contribution in [0.2, 0.25) is 0 Å². The van der Waals surface area contributed by atoms with Gasteiger partial charge in [-0.2, -0.15) is 0 Å². The molecule has 0 aliphatic heterocycles. The van der Waals surface area contributed by atoms with Crippen molar-refractivity contribution in [2.24, 2.45) is 0 Å². The van der Waals surface area contributed by atoms with Gasteiger partial charge in [-0.25, -0.2) is 0 Å². The summed E-state index contributed by atoms with van der Waals surface area (Å²) < 4.78 is 10.1. The summed E-state index contributed by atoms with van der Waals surface area (Å²) in [4.78, 5) is 11.9. The van der Waals surface area contributed by atoms with Gasteiger partial charge in [-0.05, 0) is 18.4 Å². The minimum Gasteiger partial charge on any atom is -0.382 e. The Kier molecular flexibility index (Phi) is 6.21. The highest BCUT2D eigenvalue weighted by Crippen LogP contribution is 2.40. The Morgan fingerprint density at radius 1 is 1.19 bits per heavy atom. The fourth-order valence-corrected chi connectivity index (χ4v) is 3.04. The lowest BCUT2D eigenvalue weighted by molar-refractivity contribution is -0.126. The van der Waals surface area contributed by atoms with Crippen LogP contribution in [0.1, 0.15) is 31.2 Å². The molecule has 1 amide bonds. The van der Waals surface area contributed by atoms with Gasteiger partial charge < -0.3 is 14.8 Å². The second-order valence-corrected chi connectivity index (χ2v) is 5.68. The van der Waals surface area contributed by atoms with E-state index < -0.39 is 0 Å². The molecular formula is C17H25NO3. The van der Waals surface area contributed by atoms with Crippen LogP contribution in [-0.2, 0) is 19.7 Å². The molecule has 1 aliphatic carbocycles. The van der Waals surface area contributed by atoms with Crippen LogP contribution >= 0.6 is 0 Å². The molecule has 21 heavy (non-hydrogen) atoms. The van der Waals surface area contributed by atoms with E-state index in [4.69, 9.17) is 9.47 Å². The Bertz CT molecular complexity index is 427. The number of hydrogen-bond acceptors (Lipinski definition) is 3. The first-order chi connectivity index (χ1) is 10.3. The predicted octanol–water partition coefficient (Wildman–Crippen LogP) is 2.28. The lowest BCUT2D eigenvalue weighted by atomic mass is 9.79. The standard InChI is InChI=1S/C17H25NO3/c1-20-11-12-21-13-16(19)18-14-17(9-5-6-10-17)15-7-3-2-4-8-15/h2-4,7-8H,5-6,9-14H2,1H3,(H,18,19). The molecule has 1 N–H and O–H groups in total. The van der Waals surface area contributed by atoms with Crippen molar-refractivity contribution < 1.29 is 14.3 Å². The molecule has 0 bridgehead atoms. The molecule has 4 nitrogen and oxygen atoms in total. The van der Waals surface area contributed by atoms with Gasteiger partial charge in [0.1, 0.15) is 6.61 Å². The molecule has 0 atom stereocenters. The van der Waals surface area contributed by atoms with Crippen LogP contribution in [0.15, 0.2) is 30.3 Å². The van der Waals surface area contributed by atoms with Crippen molar-refractivity contribution in [3.8, 4) is 0 Å². The zero-order chi connectivity index (χ0) is 15.0. The van der Waals surface area contributed by atoms with Gasteiger partial charge in [0, 0.05) is 19.1 Å². The molecule has 1 aromatic rings. The monoisotopic (exact) mass is 291 g/mol. The summed E-state index contributed by atoms with van der Waals surface area (Å²) >= 11 is 0. The number of nitrogens with one attached hydrogen (secondary N) is 1. The normalized spacial score (nSPS) is 16.8. The molecule has 0 unspecified atom stereocenters. The smallest absolute Gasteiger partial charge is 0.246 e. The number of carbonyl (C=O) groups excluding carboxylic acids is 1. The number of carbonyl (C=O) groups is 1. The summed E-state index contributed by atoms with van der Waals surface area (Å²) in [6, 6.07) is 10.5. The molecule has 0 aromatic heterocycles.